The van der Waals surface area contributed by atoms with Crippen LogP contribution in [-0.2, 0) is 4.74 Å². The highest BCUT2D eigenvalue weighted by Crippen LogP contribution is 2.17. The van der Waals surface area contributed by atoms with Crippen LogP contribution in [0.25, 0.3) is 0 Å². The summed E-state index contributed by atoms with van der Waals surface area (Å²) in [6.07, 6.45) is -4.22. The third-order valence-electron chi connectivity index (χ3n) is 1.24. The summed E-state index contributed by atoms with van der Waals surface area (Å²) in [7, 11) is 0. The fourth-order valence-corrected chi connectivity index (χ4v) is 0.749. The molecule has 0 aromatic rings. The molecular weight excluding hydrogens is 124 g/mol. The first-order valence-electron chi connectivity index (χ1n) is 3.29. The number of rotatable bonds is 1. The lowest BCUT2D eigenvalue weighted by molar-refractivity contribution is -0.107. The summed E-state index contributed by atoms with van der Waals surface area (Å²) in [6, 6.07) is 0. The Balaban J connectivity index is 2.53. The van der Waals surface area contributed by atoms with Crippen LogP contribution in [0.4, 0.5) is 0 Å². The molecule has 1 aliphatic heterocycles. The largest absolute Gasteiger partial charge is 0.394 e. The van der Waals surface area contributed by atoms with Crippen molar-refractivity contribution in [3.8, 4) is 0 Å². The summed E-state index contributed by atoms with van der Waals surface area (Å²) >= 11 is 0. The molecule has 54 valence electrons. The zero-order valence-electron chi connectivity index (χ0n) is 5.77. The molecule has 0 amide bonds. The lowest BCUT2D eigenvalue weighted by Gasteiger charge is -2.08. The minimum absolute atomic E-state index is 0.367. The minimum Gasteiger partial charge on any atom is -0.394 e. The molecule has 4 nitrogen and oxygen atoms in total. The van der Waals surface area contributed by atoms with Crippen LogP contribution in [0.15, 0.2) is 0 Å². The van der Waals surface area contributed by atoms with E-state index < -0.39 is 24.9 Å². The molecule has 1 aliphatic rings. The van der Waals surface area contributed by atoms with E-state index in [0.29, 0.717) is 0 Å². The van der Waals surface area contributed by atoms with Crippen molar-refractivity contribution >= 4 is 0 Å². The Labute approximate surface area is 54.1 Å². The van der Waals surface area contributed by atoms with Gasteiger partial charge >= 0.3 is 0 Å². The first kappa shape index (κ1) is 5.61. The lowest BCUT2D eigenvalue weighted by Crippen LogP contribution is -2.24. The van der Waals surface area contributed by atoms with E-state index in [-0.39, 0.29) is 6.61 Å². The third-order valence-corrected chi connectivity index (χ3v) is 1.24. The molecule has 0 aromatic heterocycles. The van der Waals surface area contributed by atoms with Crippen LogP contribution in [0.3, 0.4) is 0 Å². The van der Waals surface area contributed by atoms with E-state index in [2.05, 4.69) is 4.74 Å². The van der Waals surface area contributed by atoms with Crippen LogP contribution in [0.1, 0.15) is 7.77 Å². The number of aliphatic hydroxyl groups is 3. The molecule has 3 N–H and O–H groups in total. The van der Waals surface area contributed by atoms with Crippen LogP contribution in [0.2, 0.25) is 0 Å². The first-order chi connectivity index (χ1) is 4.66. The van der Waals surface area contributed by atoms with E-state index in [9.17, 15) is 0 Å². The second-order valence-electron chi connectivity index (χ2n) is 1.93. The van der Waals surface area contributed by atoms with Gasteiger partial charge in [-0.2, -0.15) is 0 Å². The molecule has 1 saturated heterocycles. The van der Waals surface area contributed by atoms with Gasteiger partial charge in [0, 0.05) is 7.77 Å². The van der Waals surface area contributed by atoms with Gasteiger partial charge in [0.05, 0.1) is 12.7 Å². The average Bonchev–Trinajstić information content (AvgIpc) is 2.17. The molecule has 0 aromatic carbocycles. The predicted molar refractivity (Wildman–Crippen MR) is 28.6 cm³/mol. The Kier molecular flexibility index (Phi) is 1.63. The van der Waals surface area contributed by atoms with Gasteiger partial charge in [-0.3, -0.25) is 0 Å². The predicted octanol–water partition coefficient (Wildman–Crippen LogP) is -1.55. The van der Waals surface area contributed by atoms with Gasteiger partial charge in [-0.1, -0.05) is 0 Å². The van der Waals surface area contributed by atoms with E-state index in [1.165, 1.54) is 0 Å². The first-order valence-corrected chi connectivity index (χ1v) is 2.71. The maximum atomic E-state index is 9.00. The molecule has 0 saturated carbocycles. The number of ether oxygens (including phenoxy) is 1. The topological polar surface area (TPSA) is 69.9 Å². The Morgan fingerprint density at radius 3 is 2.56 bits per heavy atom. The zero-order chi connectivity index (χ0) is 7.72. The van der Waals surface area contributed by atoms with Crippen LogP contribution < -0.4 is 0 Å². The highest BCUT2D eigenvalue weighted by molar-refractivity contribution is 4.75. The van der Waals surface area contributed by atoms with Gasteiger partial charge in [-0.25, -0.2) is 0 Å². The van der Waals surface area contributed by atoms with Crippen LogP contribution in [0.5, 0.6) is 0 Å². The standard InChI is InChI=1S/C5H10O4/c6-2-4-3(7)1-5(8)9-4/h3-8H,1-2H2/t3-,4+,5?/m0/s1/i1D/t1-,3+,4-,5?/m1. The molecular formula is C5H10O4. The van der Waals surface area contributed by atoms with Gasteiger partial charge < -0.3 is 20.1 Å². The van der Waals surface area contributed by atoms with Crippen LogP contribution in [-0.4, -0.2) is 40.4 Å². The van der Waals surface area contributed by atoms with Crippen molar-refractivity contribution in [2.75, 3.05) is 6.61 Å². The highest BCUT2D eigenvalue weighted by atomic mass is 16.6. The average molecular weight is 135 g/mol. The summed E-state index contributed by atoms with van der Waals surface area (Å²) < 4.78 is 11.6. The van der Waals surface area contributed by atoms with Crippen molar-refractivity contribution in [2.45, 2.75) is 24.9 Å². The maximum Gasteiger partial charge on any atom is 0.157 e. The zero-order valence-corrected chi connectivity index (χ0v) is 4.77. The molecule has 4 atom stereocenters. The van der Waals surface area contributed by atoms with Gasteiger partial charge in [0.1, 0.15) is 6.10 Å². The van der Waals surface area contributed by atoms with Crippen molar-refractivity contribution in [1.82, 2.24) is 0 Å². The summed E-state index contributed by atoms with van der Waals surface area (Å²) in [5.74, 6) is 0. The second kappa shape index (κ2) is 2.62. The van der Waals surface area contributed by atoms with Crippen molar-refractivity contribution < 1.29 is 21.4 Å². The van der Waals surface area contributed by atoms with Gasteiger partial charge in [0.25, 0.3) is 0 Å². The molecule has 9 heavy (non-hydrogen) atoms. The number of aliphatic hydroxyl groups excluding tert-OH is 3. The van der Waals surface area contributed by atoms with E-state index in [4.69, 9.17) is 16.7 Å². The lowest BCUT2D eigenvalue weighted by atomic mass is 10.2. The smallest absolute Gasteiger partial charge is 0.157 e. The summed E-state index contributed by atoms with van der Waals surface area (Å²) in [5, 5.41) is 26.3. The molecule has 1 unspecified atom stereocenters. The molecule has 0 aliphatic carbocycles. The van der Waals surface area contributed by atoms with Crippen molar-refractivity contribution in [3.05, 3.63) is 0 Å². The third kappa shape index (κ3) is 1.40. The quantitative estimate of drug-likeness (QED) is 0.407. The Hall–Kier alpha value is -0.160. The molecule has 0 radical (unpaired) electrons. The number of hydrogen-bond donors (Lipinski definition) is 3. The van der Waals surface area contributed by atoms with Crippen LogP contribution in [0, 0.1) is 0 Å². The van der Waals surface area contributed by atoms with Gasteiger partial charge in [0.15, 0.2) is 6.29 Å². The van der Waals surface area contributed by atoms with E-state index in [1.807, 2.05) is 0 Å². The highest BCUT2D eigenvalue weighted by Gasteiger charge is 2.31. The molecule has 1 rings (SSSR count). The fourth-order valence-electron chi connectivity index (χ4n) is 0.749. The Morgan fingerprint density at radius 1 is 1.67 bits per heavy atom. The minimum atomic E-state index is -1.27. The van der Waals surface area contributed by atoms with Gasteiger partial charge in [-0.15, -0.1) is 0 Å². The Morgan fingerprint density at radius 2 is 2.33 bits per heavy atom. The van der Waals surface area contributed by atoms with Crippen LogP contribution >= 0.6 is 0 Å². The molecule has 1 fully saturated rings. The molecule has 4 heteroatoms. The maximum absolute atomic E-state index is 9.00. The second-order valence-corrected chi connectivity index (χ2v) is 1.93. The summed E-state index contributed by atoms with van der Waals surface area (Å²) in [5.41, 5.74) is 0. The van der Waals surface area contributed by atoms with E-state index in [0.717, 1.165) is 0 Å². The monoisotopic (exact) mass is 135 g/mol. The molecule has 0 spiro atoms. The number of hydrogen-bond acceptors (Lipinski definition) is 4. The summed E-state index contributed by atoms with van der Waals surface area (Å²) in [6.45, 7) is -0.367. The normalized spacial score (nSPS) is 53.4. The van der Waals surface area contributed by atoms with E-state index in [1.54, 1.807) is 0 Å². The van der Waals surface area contributed by atoms with Gasteiger partial charge in [-0.05, 0) is 0 Å². The Bertz CT molecular complexity index is 120. The summed E-state index contributed by atoms with van der Waals surface area (Å²) in [4.78, 5) is 0. The van der Waals surface area contributed by atoms with Gasteiger partial charge in [0.2, 0.25) is 0 Å². The SMILES string of the molecule is [2H][C@H]1C(O)O[C@H](CO)[C@H]1O. The molecule has 1 heterocycles. The van der Waals surface area contributed by atoms with E-state index >= 15 is 0 Å². The fraction of sp³-hybridized carbons (Fsp3) is 1.00. The van der Waals surface area contributed by atoms with Crippen molar-refractivity contribution in [1.29, 1.82) is 0 Å². The van der Waals surface area contributed by atoms with Crippen molar-refractivity contribution in [2.24, 2.45) is 0 Å². The van der Waals surface area contributed by atoms with Crippen molar-refractivity contribution in [3.63, 3.8) is 0 Å². The molecule has 0 bridgehead atoms.